The molecule has 1 aromatic carbocycles. The van der Waals surface area contributed by atoms with Crippen LogP contribution in [0.5, 0.6) is 0 Å². The van der Waals surface area contributed by atoms with Crippen molar-refractivity contribution in [1.82, 2.24) is 14.5 Å². The zero-order valence-electron chi connectivity index (χ0n) is 13.7. The summed E-state index contributed by atoms with van der Waals surface area (Å²) in [5, 5.41) is 0. The van der Waals surface area contributed by atoms with Crippen LogP contribution in [0.25, 0.3) is 0 Å². The van der Waals surface area contributed by atoms with Crippen LogP contribution in [0, 0.1) is 6.92 Å². The SMILES string of the molecule is CO[C@@H](C(=O)N1CCC[C@@H](n2ccnc2C)C1)c1ccccc1. The number of amides is 1. The number of carbonyl (C=O) groups excluding carboxylic acids is 1. The number of hydrogen-bond acceptors (Lipinski definition) is 3. The van der Waals surface area contributed by atoms with E-state index in [4.69, 9.17) is 4.74 Å². The minimum absolute atomic E-state index is 0.0427. The second-order valence-corrected chi connectivity index (χ2v) is 5.99. The molecular weight excluding hydrogens is 290 g/mol. The Hall–Kier alpha value is -2.14. The van der Waals surface area contributed by atoms with Gasteiger partial charge in [-0.3, -0.25) is 4.79 Å². The number of likely N-dealkylation sites (tertiary alicyclic amines) is 1. The summed E-state index contributed by atoms with van der Waals surface area (Å²) in [6, 6.07) is 9.98. The molecule has 5 nitrogen and oxygen atoms in total. The smallest absolute Gasteiger partial charge is 0.256 e. The summed E-state index contributed by atoms with van der Waals surface area (Å²) >= 11 is 0. The van der Waals surface area contributed by atoms with Gasteiger partial charge in [0, 0.05) is 32.6 Å². The Balaban J connectivity index is 1.75. The maximum Gasteiger partial charge on any atom is 0.256 e. The summed E-state index contributed by atoms with van der Waals surface area (Å²) in [4.78, 5) is 19.1. The molecular formula is C18H23N3O2. The largest absolute Gasteiger partial charge is 0.367 e. The van der Waals surface area contributed by atoms with Crippen molar-refractivity contribution in [3.05, 3.63) is 54.1 Å². The Bertz CT molecular complexity index is 653. The highest BCUT2D eigenvalue weighted by Crippen LogP contribution is 2.26. The van der Waals surface area contributed by atoms with Gasteiger partial charge in [-0.1, -0.05) is 30.3 Å². The molecule has 2 aromatic rings. The first-order chi connectivity index (χ1) is 11.2. The molecule has 2 heterocycles. The number of carbonyl (C=O) groups is 1. The van der Waals surface area contributed by atoms with E-state index in [9.17, 15) is 4.79 Å². The number of hydrogen-bond donors (Lipinski definition) is 0. The molecule has 0 aliphatic carbocycles. The molecule has 0 saturated carbocycles. The van der Waals surface area contributed by atoms with Gasteiger partial charge in [0.25, 0.3) is 5.91 Å². The molecule has 1 aliphatic rings. The summed E-state index contributed by atoms with van der Waals surface area (Å²) in [5.74, 6) is 1.04. The lowest BCUT2D eigenvalue weighted by Gasteiger charge is -2.35. The molecule has 23 heavy (non-hydrogen) atoms. The van der Waals surface area contributed by atoms with E-state index < -0.39 is 6.10 Å². The molecule has 122 valence electrons. The van der Waals surface area contributed by atoms with Crippen molar-refractivity contribution < 1.29 is 9.53 Å². The highest BCUT2D eigenvalue weighted by molar-refractivity contribution is 5.82. The summed E-state index contributed by atoms with van der Waals surface area (Å²) in [6.07, 6.45) is 5.36. The van der Waals surface area contributed by atoms with Gasteiger partial charge in [0.15, 0.2) is 6.10 Å². The molecule has 0 radical (unpaired) electrons. The molecule has 1 saturated heterocycles. The molecule has 0 bridgehead atoms. The van der Waals surface area contributed by atoms with Crippen LogP contribution in [0.15, 0.2) is 42.7 Å². The topological polar surface area (TPSA) is 47.4 Å². The van der Waals surface area contributed by atoms with E-state index in [-0.39, 0.29) is 5.91 Å². The van der Waals surface area contributed by atoms with Crippen LogP contribution in [0.3, 0.4) is 0 Å². The normalized spacial score (nSPS) is 19.6. The molecule has 0 spiro atoms. The first-order valence-electron chi connectivity index (χ1n) is 8.06. The number of aryl methyl sites for hydroxylation is 1. The van der Waals surface area contributed by atoms with Crippen molar-refractivity contribution in [2.75, 3.05) is 20.2 Å². The van der Waals surface area contributed by atoms with Crippen LogP contribution in [0.4, 0.5) is 0 Å². The average Bonchev–Trinajstić information content (AvgIpc) is 3.02. The third-order valence-electron chi connectivity index (χ3n) is 4.53. The monoisotopic (exact) mass is 313 g/mol. The van der Waals surface area contributed by atoms with Crippen LogP contribution in [-0.2, 0) is 9.53 Å². The predicted molar refractivity (Wildman–Crippen MR) is 88.0 cm³/mol. The van der Waals surface area contributed by atoms with Gasteiger partial charge in [0.05, 0.1) is 6.04 Å². The zero-order valence-corrected chi connectivity index (χ0v) is 13.7. The van der Waals surface area contributed by atoms with E-state index in [1.54, 1.807) is 7.11 Å². The number of rotatable bonds is 4. The van der Waals surface area contributed by atoms with Crippen LogP contribution in [0.1, 0.15) is 36.4 Å². The number of imidazole rings is 1. The molecule has 1 aromatic heterocycles. The second kappa shape index (κ2) is 6.96. The Labute approximate surface area is 136 Å². The van der Waals surface area contributed by atoms with Crippen molar-refractivity contribution in [2.45, 2.75) is 31.9 Å². The Morgan fingerprint density at radius 2 is 2.13 bits per heavy atom. The lowest BCUT2D eigenvalue weighted by atomic mass is 10.0. The fourth-order valence-corrected chi connectivity index (χ4v) is 3.33. The quantitative estimate of drug-likeness (QED) is 0.872. The minimum Gasteiger partial charge on any atom is -0.367 e. The first kappa shape index (κ1) is 15.7. The van der Waals surface area contributed by atoms with Gasteiger partial charge >= 0.3 is 0 Å². The molecule has 1 aliphatic heterocycles. The first-order valence-corrected chi connectivity index (χ1v) is 8.06. The van der Waals surface area contributed by atoms with Crippen LogP contribution in [0.2, 0.25) is 0 Å². The Kier molecular flexibility index (Phi) is 4.76. The number of aromatic nitrogens is 2. The number of ether oxygens (including phenoxy) is 1. The third kappa shape index (κ3) is 3.29. The second-order valence-electron chi connectivity index (χ2n) is 5.99. The molecule has 1 fully saturated rings. The average molecular weight is 313 g/mol. The zero-order chi connectivity index (χ0) is 16.2. The van der Waals surface area contributed by atoms with Crippen LogP contribution < -0.4 is 0 Å². The Morgan fingerprint density at radius 3 is 2.78 bits per heavy atom. The number of piperidine rings is 1. The molecule has 1 amide bonds. The van der Waals surface area contributed by atoms with Crippen LogP contribution >= 0.6 is 0 Å². The van der Waals surface area contributed by atoms with E-state index >= 15 is 0 Å². The van der Waals surface area contributed by atoms with Crippen molar-refractivity contribution >= 4 is 5.91 Å². The van der Waals surface area contributed by atoms with Gasteiger partial charge in [0.1, 0.15) is 5.82 Å². The molecule has 3 rings (SSSR count). The van der Waals surface area contributed by atoms with Crippen molar-refractivity contribution in [3.63, 3.8) is 0 Å². The van der Waals surface area contributed by atoms with E-state index in [2.05, 4.69) is 9.55 Å². The summed E-state index contributed by atoms with van der Waals surface area (Å²) in [6.45, 7) is 3.50. The number of nitrogens with zero attached hydrogens (tertiary/aromatic N) is 3. The van der Waals surface area contributed by atoms with Crippen molar-refractivity contribution in [1.29, 1.82) is 0 Å². The van der Waals surface area contributed by atoms with Gasteiger partial charge in [0.2, 0.25) is 0 Å². The third-order valence-corrected chi connectivity index (χ3v) is 4.53. The van der Waals surface area contributed by atoms with E-state index in [1.165, 1.54) is 0 Å². The lowest BCUT2D eigenvalue weighted by molar-refractivity contribution is -0.144. The maximum absolute atomic E-state index is 12.9. The predicted octanol–water partition coefficient (Wildman–Crippen LogP) is 2.74. The van der Waals surface area contributed by atoms with Crippen LogP contribution in [-0.4, -0.2) is 40.6 Å². The van der Waals surface area contributed by atoms with Gasteiger partial charge < -0.3 is 14.2 Å². The van der Waals surface area contributed by atoms with Crippen molar-refractivity contribution in [2.24, 2.45) is 0 Å². The Morgan fingerprint density at radius 1 is 1.35 bits per heavy atom. The van der Waals surface area contributed by atoms with Gasteiger partial charge in [-0.05, 0) is 25.3 Å². The van der Waals surface area contributed by atoms with E-state index in [1.807, 2.05) is 54.5 Å². The van der Waals surface area contributed by atoms with Crippen molar-refractivity contribution in [3.8, 4) is 0 Å². The van der Waals surface area contributed by atoms with Gasteiger partial charge in [-0.2, -0.15) is 0 Å². The highest BCUT2D eigenvalue weighted by Gasteiger charge is 2.30. The minimum atomic E-state index is -0.529. The maximum atomic E-state index is 12.9. The molecule has 2 atom stereocenters. The fourth-order valence-electron chi connectivity index (χ4n) is 3.33. The van der Waals surface area contributed by atoms with E-state index in [0.717, 1.165) is 30.8 Å². The van der Waals surface area contributed by atoms with Gasteiger partial charge in [-0.15, -0.1) is 0 Å². The van der Waals surface area contributed by atoms with Gasteiger partial charge in [-0.25, -0.2) is 4.98 Å². The molecule has 5 heteroatoms. The highest BCUT2D eigenvalue weighted by atomic mass is 16.5. The number of methoxy groups -OCH3 is 1. The summed E-state index contributed by atoms with van der Waals surface area (Å²) < 4.78 is 7.66. The number of benzene rings is 1. The molecule has 0 N–H and O–H groups in total. The summed E-state index contributed by atoms with van der Waals surface area (Å²) in [5.41, 5.74) is 0.904. The van der Waals surface area contributed by atoms with E-state index in [0.29, 0.717) is 12.6 Å². The standard InChI is InChI=1S/C18H23N3O2/c1-14-19-10-12-21(14)16-9-6-11-20(13-16)18(22)17(23-2)15-7-4-3-5-8-15/h3-5,7-8,10,12,16-17H,6,9,11,13H2,1-2H3/t16-,17-/m1/s1. The lowest BCUT2D eigenvalue weighted by Crippen LogP contribution is -2.43. The molecule has 0 unspecified atom stereocenters. The summed E-state index contributed by atoms with van der Waals surface area (Å²) in [7, 11) is 1.59. The fraction of sp³-hybridized carbons (Fsp3) is 0.444.